The van der Waals surface area contributed by atoms with Crippen LogP contribution in [-0.4, -0.2) is 15.6 Å². The number of carbonyl (C=O) groups excluding carboxylic acids is 1. The van der Waals surface area contributed by atoms with Gasteiger partial charge in [-0.1, -0.05) is 76.5 Å². The number of aromatic amines is 1. The maximum Gasteiger partial charge on any atom is 0.282 e. The van der Waals surface area contributed by atoms with Crippen molar-refractivity contribution < 1.29 is 21.3 Å². The van der Waals surface area contributed by atoms with Crippen molar-refractivity contribution in [3.05, 3.63) is 52.4 Å². The molecule has 2 aromatic rings. The average Bonchev–Trinajstić information content (AvgIpc) is 3.02. The van der Waals surface area contributed by atoms with Crippen molar-refractivity contribution in [2.24, 2.45) is 0 Å². The number of para-hydroxylation sites is 1. The summed E-state index contributed by atoms with van der Waals surface area (Å²) in [7, 11) is 0. The van der Waals surface area contributed by atoms with Gasteiger partial charge in [0.15, 0.2) is 5.78 Å². The normalized spacial score (nSPS) is 10.5. The van der Waals surface area contributed by atoms with Crippen LogP contribution in [0.1, 0.15) is 81.5 Å². The minimum Gasteiger partial charge on any atom is -0.297 e. The summed E-state index contributed by atoms with van der Waals surface area (Å²) in [5.74, 6) is -0.0566. The van der Waals surface area contributed by atoms with Gasteiger partial charge in [-0.3, -0.25) is 14.7 Å². The Morgan fingerprint density at radius 1 is 0.923 bits per heavy atom. The molecule has 1 aromatic carbocycles. The molecule has 1 aromatic heterocycles. The van der Waals surface area contributed by atoms with E-state index in [2.05, 4.69) is 12.0 Å². The van der Waals surface area contributed by atoms with Gasteiger partial charge in [0, 0.05) is 29.1 Å². The zero-order valence-corrected chi connectivity index (χ0v) is 16.6. The molecule has 0 fully saturated rings. The van der Waals surface area contributed by atoms with E-state index in [-0.39, 0.29) is 33.4 Å². The number of hydrogen-bond acceptors (Lipinski definition) is 2. The van der Waals surface area contributed by atoms with E-state index in [9.17, 15) is 9.59 Å². The second-order valence-corrected chi connectivity index (χ2v) is 6.66. The molecule has 0 saturated heterocycles. The van der Waals surface area contributed by atoms with Gasteiger partial charge in [0.05, 0.1) is 5.69 Å². The minimum atomic E-state index is -0.257. The molecule has 0 spiro atoms. The monoisotopic (exact) mass is 400 g/mol. The van der Waals surface area contributed by atoms with Gasteiger partial charge in [0.1, 0.15) is 5.56 Å². The number of unbranched alkanes of at least 4 members (excludes halogenated alkanes) is 8. The maximum atomic E-state index is 12.4. The summed E-state index contributed by atoms with van der Waals surface area (Å²) >= 11 is 0. The van der Waals surface area contributed by atoms with E-state index in [0.29, 0.717) is 6.42 Å². The summed E-state index contributed by atoms with van der Waals surface area (Å²) in [6.45, 7) is 2.23. The van der Waals surface area contributed by atoms with E-state index in [4.69, 9.17) is 0 Å². The Kier molecular flexibility index (Phi) is 11.0. The Balaban J connectivity index is 0.00000338. The van der Waals surface area contributed by atoms with Gasteiger partial charge in [-0.25, -0.2) is 4.68 Å². The minimum absolute atomic E-state index is 0. The van der Waals surface area contributed by atoms with E-state index in [0.717, 1.165) is 18.5 Å². The Bertz CT molecular complexity index is 692. The smallest absolute Gasteiger partial charge is 0.282 e. The molecule has 4 nitrogen and oxygen atoms in total. The molecule has 26 heavy (non-hydrogen) atoms. The predicted molar refractivity (Wildman–Crippen MR) is 103 cm³/mol. The van der Waals surface area contributed by atoms with E-state index >= 15 is 0 Å². The summed E-state index contributed by atoms with van der Waals surface area (Å²) in [6, 6.07) is 9.31. The molecule has 0 unspecified atom stereocenters. The molecule has 0 radical (unpaired) electrons. The predicted octanol–water partition coefficient (Wildman–Crippen LogP) is 5.27. The van der Waals surface area contributed by atoms with Crippen molar-refractivity contribution in [3.8, 4) is 5.69 Å². The van der Waals surface area contributed by atoms with Crippen molar-refractivity contribution in [3.63, 3.8) is 0 Å². The number of rotatable bonds is 12. The fourth-order valence-electron chi connectivity index (χ4n) is 3.07. The van der Waals surface area contributed by atoms with Crippen LogP contribution in [0.2, 0.25) is 0 Å². The summed E-state index contributed by atoms with van der Waals surface area (Å²) in [4.78, 5) is 24.7. The SMILES string of the molecule is CCCCCCCCCCCC(=O)c1c[nH]n(-c2ccccc2)c1=O.[Ni]. The zero-order valence-electron chi connectivity index (χ0n) is 15.6. The topological polar surface area (TPSA) is 54.9 Å². The van der Waals surface area contributed by atoms with Gasteiger partial charge >= 0.3 is 0 Å². The van der Waals surface area contributed by atoms with Crippen LogP contribution in [0.25, 0.3) is 5.69 Å². The molecule has 0 saturated carbocycles. The average molecular weight is 401 g/mol. The molecular weight excluding hydrogens is 371 g/mol. The van der Waals surface area contributed by atoms with E-state index in [1.807, 2.05) is 30.3 Å². The van der Waals surface area contributed by atoms with Crippen LogP contribution >= 0.6 is 0 Å². The Morgan fingerprint density at radius 3 is 2.12 bits per heavy atom. The standard InChI is InChI=1S/C21H30N2O2.Ni/c1-2-3-4-5-6-7-8-9-13-16-20(24)19-17-22-23(21(19)25)18-14-11-10-12-15-18;/h10-12,14-15,17,22H,2-9,13,16H2,1H3;. The number of H-pyrrole nitrogens is 1. The van der Waals surface area contributed by atoms with Gasteiger partial charge in [0.25, 0.3) is 5.56 Å². The maximum absolute atomic E-state index is 12.4. The molecule has 1 heterocycles. The largest absolute Gasteiger partial charge is 0.297 e. The van der Waals surface area contributed by atoms with E-state index in [1.165, 1.54) is 55.8 Å². The van der Waals surface area contributed by atoms with Crippen molar-refractivity contribution in [1.29, 1.82) is 0 Å². The Hall–Kier alpha value is -1.61. The molecule has 0 bridgehead atoms. The van der Waals surface area contributed by atoms with E-state index < -0.39 is 0 Å². The molecule has 5 heteroatoms. The van der Waals surface area contributed by atoms with Gasteiger partial charge in [0.2, 0.25) is 0 Å². The van der Waals surface area contributed by atoms with Crippen LogP contribution in [0.3, 0.4) is 0 Å². The Morgan fingerprint density at radius 2 is 1.50 bits per heavy atom. The van der Waals surface area contributed by atoms with Gasteiger partial charge in [-0.2, -0.15) is 0 Å². The summed E-state index contributed by atoms with van der Waals surface area (Å²) in [5, 5.41) is 2.89. The fraction of sp³-hybridized carbons (Fsp3) is 0.524. The third kappa shape index (κ3) is 6.95. The number of carbonyl (C=O) groups is 1. The first-order valence-electron chi connectivity index (χ1n) is 9.63. The van der Waals surface area contributed by atoms with Crippen LogP contribution < -0.4 is 5.56 Å². The quantitative estimate of drug-likeness (QED) is 0.300. The van der Waals surface area contributed by atoms with Crippen molar-refractivity contribution in [2.75, 3.05) is 0 Å². The number of Topliss-reactive ketones (excluding diaryl/α,β-unsaturated/α-hetero) is 1. The van der Waals surface area contributed by atoms with E-state index in [1.54, 1.807) is 0 Å². The van der Waals surface area contributed by atoms with Gasteiger partial charge < -0.3 is 0 Å². The first kappa shape index (κ1) is 22.4. The van der Waals surface area contributed by atoms with Crippen LogP contribution in [0.15, 0.2) is 41.3 Å². The van der Waals surface area contributed by atoms with Crippen LogP contribution in [0.4, 0.5) is 0 Å². The van der Waals surface area contributed by atoms with Crippen LogP contribution in [0.5, 0.6) is 0 Å². The van der Waals surface area contributed by atoms with Crippen molar-refractivity contribution in [1.82, 2.24) is 9.78 Å². The number of nitrogens with one attached hydrogen (secondary N) is 1. The van der Waals surface area contributed by atoms with Gasteiger partial charge in [-0.15, -0.1) is 0 Å². The molecule has 0 aliphatic heterocycles. The molecule has 1 N–H and O–H groups in total. The van der Waals surface area contributed by atoms with Gasteiger partial charge in [-0.05, 0) is 18.6 Å². The summed E-state index contributed by atoms with van der Waals surface area (Å²) < 4.78 is 1.42. The van der Waals surface area contributed by atoms with Crippen molar-refractivity contribution >= 4 is 5.78 Å². The Labute approximate surface area is 166 Å². The fourth-order valence-corrected chi connectivity index (χ4v) is 3.07. The number of ketones is 1. The molecular formula is C21H30N2NiO2. The van der Waals surface area contributed by atoms with Crippen molar-refractivity contribution in [2.45, 2.75) is 71.1 Å². The third-order valence-corrected chi connectivity index (χ3v) is 4.59. The zero-order chi connectivity index (χ0) is 17.9. The number of nitrogens with zero attached hydrogens (tertiary/aromatic N) is 1. The third-order valence-electron chi connectivity index (χ3n) is 4.59. The number of benzene rings is 1. The van der Waals surface area contributed by atoms with Crippen LogP contribution in [-0.2, 0) is 16.5 Å². The first-order valence-corrected chi connectivity index (χ1v) is 9.63. The molecule has 0 amide bonds. The van der Waals surface area contributed by atoms with Crippen LogP contribution in [0, 0.1) is 0 Å². The first-order chi connectivity index (χ1) is 12.2. The number of hydrogen-bond donors (Lipinski definition) is 1. The molecule has 0 atom stereocenters. The second kappa shape index (κ2) is 12.7. The second-order valence-electron chi connectivity index (χ2n) is 6.66. The molecule has 0 aliphatic carbocycles. The molecule has 146 valence electrons. The molecule has 0 aliphatic rings. The summed E-state index contributed by atoms with van der Waals surface area (Å²) in [5.41, 5.74) is 0.755. The molecule has 2 rings (SSSR count). The number of aromatic nitrogens is 2. The summed E-state index contributed by atoms with van der Waals surface area (Å²) in [6.07, 6.45) is 12.9.